The molecule has 2 N–H and O–H groups in total. The number of aromatic nitrogens is 1. The van der Waals surface area contributed by atoms with Gasteiger partial charge in [0.05, 0.1) is 0 Å². The van der Waals surface area contributed by atoms with Crippen molar-refractivity contribution in [2.75, 3.05) is 30.9 Å². The Morgan fingerprint density at radius 3 is 2.67 bits per heavy atom. The smallest absolute Gasteiger partial charge is 0.244 e. The highest BCUT2D eigenvalue weighted by atomic mass is 79.9. The topological polar surface area (TPSA) is 71.1 Å². The molecule has 0 unspecified atom stereocenters. The highest BCUT2D eigenvalue weighted by Crippen LogP contribution is 2.22. The normalized spacial score (nSPS) is 11.6. The molecule has 0 aliphatic carbocycles. The number of halogens is 1. The molecule has 0 spiro atoms. The molecule has 0 atom stereocenters. The largest absolute Gasteiger partial charge is 0.372 e. The average Bonchev–Trinajstić information content (AvgIpc) is 2.46. The summed E-state index contributed by atoms with van der Waals surface area (Å²) >= 11 is 5.09. The van der Waals surface area contributed by atoms with Gasteiger partial charge in [-0.15, -0.1) is 0 Å². The van der Waals surface area contributed by atoms with Crippen LogP contribution >= 0.6 is 27.7 Å². The first-order valence-electron chi connectivity index (χ1n) is 6.83. The zero-order valence-electron chi connectivity index (χ0n) is 12.4. The summed E-state index contributed by atoms with van der Waals surface area (Å²) in [5, 5.41) is 2.80. The SMILES string of the molecule is CNc1ncc(Br)cc1S(=O)(=O)NCCCCCCSC. The second-order valence-electron chi connectivity index (χ2n) is 4.56. The van der Waals surface area contributed by atoms with E-state index in [4.69, 9.17) is 0 Å². The van der Waals surface area contributed by atoms with Crippen LogP contribution in [0.5, 0.6) is 0 Å². The minimum Gasteiger partial charge on any atom is -0.372 e. The van der Waals surface area contributed by atoms with Crippen molar-refractivity contribution in [2.24, 2.45) is 0 Å². The van der Waals surface area contributed by atoms with E-state index in [1.54, 1.807) is 19.3 Å². The van der Waals surface area contributed by atoms with Gasteiger partial charge in [-0.3, -0.25) is 0 Å². The summed E-state index contributed by atoms with van der Waals surface area (Å²) in [5.74, 6) is 1.52. The molecule has 1 aromatic heterocycles. The zero-order chi connectivity index (χ0) is 15.7. The molecule has 21 heavy (non-hydrogen) atoms. The molecule has 0 saturated heterocycles. The van der Waals surface area contributed by atoms with Gasteiger partial charge in [-0.2, -0.15) is 11.8 Å². The summed E-state index contributed by atoms with van der Waals surface area (Å²) in [6.07, 6.45) is 7.88. The monoisotopic (exact) mass is 395 g/mol. The van der Waals surface area contributed by atoms with E-state index in [1.165, 1.54) is 12.2 Å². The molecule has 0 saturated carbocycles. The number of pyridine rings is 1. The van der Waals surface area contributed by atoms with Crippen LogP contribution in [0.2, 0.25) is 0 Å². The van der Waals surface area contributed by atoms with Crippen LogP contribution < -0.4 is 10.0 Å². The van der Waals surface area contributed by atoms with Crippen LogP contribution in [0.15, 0.2) is 21.6 Å². The number of nitrogens with zero attached hydrogens (tertiary/aromatic N) is 1. The summed E-state index contributed by atoms with van der Waals surface area (Å²) in [7, 11) is -1.88. The molecule has 0 aliphatic rings. The minimum absolute atomic E-state index is 0.168. The summed E-state index contributed by atoms with van der Waals surface area (Å²) < 4.78 is 27.8. The van der Waals surface area contributed by atoms with Crippen LogP contribution in [-0.2, 0) is 10.0 Å². The molecule has 0 radical (unpaired) electrons. The lowest BCUT2D eigenvalue weighted by atomic mass is 10.2. The lowest BCUT2D eigenvalue weighted by Crippen LogP contribution is -2.26. The Bertz CT molecular complexity index is 538. The van der Waals surface area contributed by atoms with Crippen molar-refractivity contribution in [3.05, 3.63) is 16.7 Å². The van der Waals surface area contributed by atoms with Crippen molar-refractivity contribution in [2.45, 2.75) is 30.6 Å². The molecule has 8 heteroatoms. The molecule has 5 nitrogen and oxygen atoms in total. The van der Waals surface area contributed by atoms with Gasteiger partial charge in [-0.1, -0.05) is 12.8 Å². The van der Waals surface area contributed by atoms with Gasteiger partial charge in [0.2, 0.25) is 10.0 Å². The molecule has 0 aromatic carbocycles. The summed E-state index contributed by atoms with van der Waals surface area (Å²) in [6, 6.07) is 1.56. The fourth-order valence-corrected chi connectivity index (χ4v) is 4.06. The number of thioether (sulfide) groups is 1. The maximum Gasteiger partial charge on any atom is 0.244 e. The predicted molar refractivity (Wildman–Crippen MR) is 93.5 cm³/mol. The predicted octanol–water partition coefficient (Wildman–Crippen LogP) is 3.09. The molecule has 0 bridgehead atoms. The highest BCUT2D eigenvalue weighted by Gasteiger charge is 2.19. The number of unbranched alkanes of at least 4 members (excludes halogenated alkanes) is 3. The second-order valence-corrected chi connectivity index (χ2v) is 8.19. The third-order valence-electron chi connectivity index (χ3n) is 2.91. The highest BCUT2D eigenvalue weighted by molar-refractivity contribution is 9.10. The Labute approximate surface area is 139 Å². The molecule has 1 heterocycles. The first-order chi connectivity index (χ1) is 10.0. The van der Waals surface area contributed by atoms with Gasteiger partial charge in [0.1, 0.15) is 10.7 Å². The van der Waals surface area contributed by atoms with Gasteiger partial charge >= 0.3 is 0 Å². The molecular formula is C13H22BrN3O2S2. The molecular weight excluding hydrogens is 374 g/mol. The molecule has 1 rings (SSSR count). The van der Waals surface area contributed by atoms with Crippen LogP contribution in [0.25, 0.3) is 0 Å². The molecule has 1 aromatic rings. The van der Waals surface area contributed by atoms with E-state index in [-0.39, 0.29) is 4.90 Å². The van der Waals surface area contributed by atoms with Crippen molar-refractivity contribution in [1.29, 1.82) is 0 Å². The minimum atomic E-state index is -3.53. The standard InChI is InChI=1S/C13H22BrN3O2S2/c1-15-13-12(9-11(14)10-16-13)21(18,19)17-7-5-3-4-6-8-20-2/h9-10,17H,3-8H2,1-2H3,(H,15,16). The fourth-order valence-electron chi connectivity index (χ4n) is 1.82. The van der Waals surface area contributed by atoms with Crippen molar-refractivity contribution in [3.63, 3.8) is 0 Å². The number of nitrogens with one attached hydrogen (secondary N) is 2. The summed E-state index contributed by atoms with van der Waals surface area (Å²) in [6.45, 7) is 0.456. The molecule has 0 fully saturated rings. The van der Waals surface area contributed by atoms with E-state index in [0.29, 0.717) is 16.8 Å². The molecule has 0 amide bonds. The quantitative estimate of drug-likeness (QED) is 0.595. The maximum atomic E-state index is 12.3. The van der Waals surface area contributed by atoms with E-state index in [9.17, 15) is 8.42 Å². The van der Waals surface area contributed by atoms with Crippen molar-refractivity contribution >= 4 is 43.5 Å². The van der Waals surface area contributed by atoms with Crippen LogP contribution in [0.3, 0.4) is 0 Å². The Morgan fingerprint density at radius 2 is 2.00 bits per heavy atom. The van der Waals surface area contributed by atoms with Gasteiger partial charge in [0.25, 0.3) is 0 Å². The number of hydrogen-bond acceptors (Lipinski definition) is 5. The average molecular weight is 396 g/mol. The number of anilines is 1. The number of rotatable bonds is 10. The lowest BCUT2D eigenvalue weighted by Gasteiger charge is -2.10. The zero-order valence-corrected chi connectivity index (χ0v) is 15.6. The summed E-state index contributed by atoms with van der Waals surface area (Å²) in [5.41, 5.74) is 0. The Hall–Kier alpha value is -0.310. The first kappa shape index (κ1) is 18.7. The van der Waals surface area contributed by atoms with E-state index >= 15 is 0 Å². The van der Waals surface area contributed by atoms with Gasteiger partial charge < -0.3 is 5.32 Å². The lowest BCUT2D eigenvalue weighted by molar-refractivity contribution is 0.574. The van der Waals surface area contributed by atoms with Crippen LogP contribution in [0, 0.1) is 0 Å². The van der Waals surface area contributed by atoms with Gasteiger partial charge in [-0.25, -0.2) is 18.1 Å². The Kier molecular flexibility index (Phi) is 8.62. The first-order valence-corrected chi connectivity index (χ1v) is 10.5. The third-order valence-corrected chi connectivity index (χ3v) is 5.52. The number of hydrogen-bond donors (Lipinski definition) is 2. The van der Waals surface area contributed by atoms with Crippen molar-refractivity contribution in [1.82, 2.24) is 9.71 Å². The van der Waals surface area contributed by atoms with Gasteiger partial charge in [0, 0.05) is 24.3 Å². The van der Waals surface area contributed by atoms with E-state index in [2.05, 4.69) is 37.2 Å². The molecule has 0 aliphatic heterocycles. The van der Waals surface area contributed by atoms with Crippen LogP contribution in [0.4, 0.5) is 5.82 Å². The Morgan fingerprint density at radius 1 is 1.29 bits per heavy atom. The van der Waals surface area contributed by atoms with Gasteiger partial charge in [-0.05, 0) is 46.8 Å². The van der Waals surface area contributed by atoms with Crippen LogP contribution in [-0.4, -0.2) is 39.0 Å². The van der Waals surface area contributed by atoms with E-state index in [0.717, 1.165) is 19.3 Å². The van der Waals surface area contributed by atoms with Crippen molar-refractivity contribution < 1.29 is 8.42 Å². The van der Waals surface area contributed by atoms with E-state index in [1.807, 2.05) is 11.8 Å². The number of sulfonamides is 1. The summed E-state index contributed by atoms with van der Waals surface area (Å²) in [4.78, 5) is 4.23. The van der Waals surface area contributed by atoms with Crippen LogP contribution in [0.1, 0.15) is 25.7 Å². The fraction of sp³-hybridized carbons (Fsp3) is 0.615. The Balaban J connectivity index is 2.52. The van der Waals surface area contributed by atoms with Crippen molar-refractivity contribution in [3.8, 4) is 0 Å². The second kappa shape index (κ2) is 9.66. The third kappa shape index (κ3) is 6.54. The maximum absolute atomic E-state index is 12.3. The van der Waals surface area contributed by atoms with E-state index < -0.39 is 10.0 Å². The molecule has 120 valence electrons. The van der Waals surface area contributed by atoms with Gasteiger partial charge in [0.15, 0.2) is 0 Å².